The van der Waals surface area contributed by atoms with Crippen LogP contribution in [0.3, 0.4) is 0 Å². The molecule has 0 aliphatic rings. The van der Waals surface area contributed by atoms with E-state index in [1.807, 2.05) is 30.5 Å². The number of anilines is 1. The highest BCUT2D eigenvalue weighted by molar-refractivity contribution is 5.93. The molecule has 2 aromatic rings. The van der Waals surface area contributed by atoms with Gasteiger partial charge in [-0.05, 0) is 43.7 Å². The van der Waals surface area contributed by atoms with E-state index in [-0.39, 0.29) is 5.91 Å². The van der Waals surface area contributed by atoms with Gasteiger partial charge in [0, 0.05) is 29.2 Å². The van der Waals surface area contributed by atoms with E-state index < -0.39 is 0 Å². The molecule has 0 aliphatic heterocycles. The third kappa shape index (κ3) is 4.10. The standard InChI is InChI=1S/C15H21N3O/c16-9-4-2-1-3-5-15(19)18-13-6-7-14-12(11-13)8-10-17-14/h6-8,10-11,17H,1-5,9,16H2,(H,18,19). The molecule has 0 spiro atoms. The lowest BCUT2D eigenvalue weighted by molar-refractivity contribution is -0.116. The number of amides is 1. The molecule has 4 heteroatoms. The van der Waals surface area contributed by atoms with Crippen molar-refractivity contribution in [1.29, 1.82) is 0 Å². The van der Waals surface area contributed by atoms with Crippen LogP contribution in [0.15, 0.2) is 30.5 Å². The Labute approximate surface area is 113 Å². The second kappa shape index (κ2) is 6.95. The minimum atomic E-state index is 0.0858. The summed E-state index contributed by atoms with van der Waals surface area (Å²) in [5.41, 5.74) is 7.37. The summed E-state index contributed by atoms with van der Waals surface area (Å²) in [6.45, 7) is 0.739. The van der Waals surface area contributed by atoms with Gasteiger partial charge < -0.3 is 16.0 Å². The summed E-state index contributed by atoms with van der Waals surface area (Å²) in [6, 6.07) is 7.88. The van der Waals surface area contributed by atoms with Crippen LogP contribution in [0.25, 0.3) is 10.9 Å². The first kappa shape index (κ1) is 13.6. The van der Waals surface area contributed by atoms with Gasteiger partial charge >= 0.3 is 0 Å². The molecule has 0 saturated carbocycles. The molecule has 0 unspecified atom stereocenters. The van der Waals surface area contributed by atoms with Gasteiger partial charge in [-0.2, -0.15) is 0 Å². The summed E-state index contributed by atoms with van der Waals surface area (Å²) in [6.07, 6.45) is 6.63. The molecule has 102 valence electrons. The number of hydrogen-bond donors (Lipinski definition) is 3. The van der Waals surface area contributed by atoms with Gasteiger partial charge in [0.2, 0.25) is 5.91 Å². The molecule has 0 fully saturated rings. The molecule has 0 bridgehead atoms. The first-order valence-corrected chi connectivity index (χ1v) is 6.86. The van der Waals surface area contributed by atoms with Gasteiger partial charge in [-0.15, -0.1) is 0 Å². The Balaban J connectivity index is 1.78. The predicted octanol–water partition coefficient (Wildman–Crippen LogP) is 3.02. The number of H-pyrrole nitrogens is 1. The number of aromatic amines is 1. The summed E-state index contributed by atoms with van der Waals surface area (Å²) in [7, 11) is 0. The number of fused-ring (bicyclic) bond motifs is 1. The van der Waals surface area contributed by atoms with Gasteiger partial charge in [0.25, 0.3) is 0 Å². The molecule has 4 nitrogen and oxygen atoms in total. The first-order valence-electron chi connectivity index (χ1n) is 6.86. The monoisotopic (exact) mass is 259 g/mol. The van der Waals surface area contributed by atoms with Gasteiger partial charge in [0.1, 0.15) is 0 Å². The quantitative estimate of drug-likeness (QED) is 0.669. The molecule has 19 heavy (non-hydrogen) atoms. The Kier molecular flexibility index (Phi) is 4.98. The Morgan fingerprint density at radius 2 is 2.00 bits per heavy atom. The zero-order chi connectivity index (χ0) is 13.5. The Bertz CT molecular complexity index is 533. The van der Waals surface area contributed by atoms with E-state index in [9.17, 15) is 4.79 Å². The van der Waals surface area contributed by atoms with E-state index in [4.69, 9.17) is 5.73 Å². The smallest absolute Gasteiger partial charge is 0.224 e. The molecule has 0 radical (unpaired) electrons. The Morgan fingerprint density at radius 1 is 1.16 bits per heavy atom. The minimum absolute atomic E-state index is 0.0858. The SMILES string of the molecule is NCCCCCCC(=O)Nc1ccc2[nH]ccc2c1. The van der Waals surface area contributed by atoms with Crippen molar-refractivity contribution >= 4 is 22.5 Å². The fraction of sp³-hybridized carbons (Fsp3) is 0.400. The lowest BCUT2D eigenvalue weighted by atomic mass is 10.1. The summed E-state index contributed by atoms with van der Waals surface area (Å²) >= 11 is 0. The van der Waals surface area contributed by atoms with E-state index in [2.05, 4.69) is 10.3 Å². The van der Waals surface area contributed by atoms with Crippen molar-refractivity contribution in [2.45, 2.75) is 32.1 Å². The Hall–Kier alpha value is -1.81. The van der Waals surface area contributed by atoms with Crippen molar-refractivity contribution in [2.24, 2.45) is 5.73 Å². The van der Waals surface area contributed by atoms with E-state index in [0.29, 0.717) is 6.42 Å². The van der Waals surface area contributed by atoms with E-state index in [1.165, 1.54) is 0 Å². The maximum absolute atomic E-state index is 11.8. The van der Waals surface area contributed by atoms with Crippen molar-refractivity contribution in [1.82, 2.24) is 4.98 Å². The van der Waals surface area contributed by atoms with Crippen molar-refractivity contribution in [3.8, 4) is 0 Å². The van der Waals surface area contributed by atoms with Gasteiger partial charge in [-0.3, -0.25) is 4.79 Å². The number of nitrogens with two attached hydrogens (primary N) is 1. The largest absolute Gasteiger partial charge is 0.361 e. The van der Waals surface area contributed by atoms with Crippen molar-refractivity contribution in [3.63, 3.8) is 0 Å². The second-order valence-corrected chi connectivity index (χ2v) is 4.78. The number of carbonyl (C=O) groups excluding carboxylic acids is 1. The fourth-order valence-corrected chi connectivity index (χ4v) is 2.14. The van der Waals surface area contributed by atoms with Crippen LogP contribution in [0.4, 0.5) is 5.69 Å². The van der Waals surface area contributed by atoms with Crippen LogP contribution in [0, 0.1) is 0 Å². The van der Waals surface area contributed by atoms with E-state index in [0.717, 1.165) is 48.8 Å². The highest BCUT2D eigenvalue weighted by Crippen LogP contribution is 2.18. The summed E-state index contributed by atoms with van der Waals surface area (Å²) in [4.78, 5) is 14.9. The van der Waals surface area contributed by atoms with Crippen LogP contribution in [0.2, 0.25) is 0 Å². The topological polar surface area (TPSA) is 70.9 Å². The highest BCUT2D eigenvalue weighted by atomic mass is 16.1. The van der Waals surface area contributed by atoms with Gasteiger partial charge in [0.15, 0.2) is 0 Å². The van der Waals surface area contributed by atoms with Crippen LogP contribution in [0.1, 0.15) is 32.1 Å². The normalized spacial score (nSPS) is 10.8. The van der Waals surface area contributed by atoms with Crippen LogP contribution >= 0.6 is 0 Å². The lowest BCUT2D eigenvalue weighted by Crippen LogP contribution is -2.11. The number of benzene rings is 1. The van der Waals surface area contributed by atoms with Gasteiger partial charge in [-0.25, -0.2) is 0 Å². The molecule has 4 N–H and O–H groups in total. The van der Waals surface area contributed by atoms with Crippen molar-refractivity contribution < 1.29 is 4.79 Å². The maximum Gasteiger partial charge on any atom is 0.224 e. The molecule has 1 aromatic heterocycles. The summed E-state index contributed by atoms with van der Waals surface area (Å²) in [5, 5.41) is 4.05. The third-order valence-corrected chi connectivity index (χ3v) is 3.20. The number of aromatic nitrogens is 1. The number of nitrogens with one attached hydrogen (secondary N) is 2. The maximum atomic E-state index is 11.8. The molecular formula is C15H21N3O. The summed E-state index contributed by atoms with van der Waals surface area (Å²) < 4.78 is 0. The predicted molar refractivity (Wildman–Crippen MR) is 79.1 cm³/mol. The van der Waals surface area contributed by atoms with Crippen molar-refractivity contribution in [2.75, 3.05) is 11.9 Å². The molecule has 0 atom stereocenters. The average Bonchev–Trinajstić information content (AvgIpc) is 2.86. The number of carbonyl (C=O) groups is 1. The molecule has 1 aromatic carbocycles. The van der Waals surface area contributed by atoms with Crippen LogP contribution in [-0.4, -0.2) is 17.4 Å². The van der Waals surface area contributed by atoms with Crippen LogP contribution in [0.5, 0.6) is 0 Å². The van der Waals surface area contributed by atoms with E-state index in [1.54, 1.807) is 0 Å². The lowest BCUT2D eigenvalue weighted by Gasteiger charge is -2.05. The van der Waals surface area contributed by atoms with Crippen molar-refractivity contribution in [3.05, 3.63) is 30.5 Å². The van der Waals surface area contributed by atoms with E-state index >= 15 is 0 Å². The molecule has 2 rings (SSSR count). The zero-order valence-corrected chi connectivity index (χ0v) is 11.1. The van der Waals surface area contributed by atoms with Crippen LogP contribution in [-0.2, 0) is 4.79 Å². The molecular weight excluding hydrogens is 238 g/mol. The van der Waals surface area contributed by atoms with Gasteiger partial charge in [-0.1, -0.05) is 12.8 Å². The third-order valence-electron chi connectivity index (χ3n) is 3.20. The number of hydrogen-bond acceptors (Lipinski definition) is 2. The molecule has 1 heterocycles. The highest BCUT2D eigenvalue weighted by Gasteiger charge is 2.03. The second-order valence-electron chi connectivity index (χ2n) is 4.78. The zero-order valence-electron chi connectivity index (χ0n) is 11.1. The van der Waals surface area contributed by atoms with Gasteiger partial charge in [0.05, 0.1) is 0 Å². The van der Waals surface area contributed by atoms with Crippen LogP contribution < -0.4 is 11.1 Å². The Morgan fingerprint density at radius 3 is 2.84 bits per heavy atom. The molecule has 0 saturated heterocycles. The first-order chi connectivity index (χ1) is 9.29. The molecule has 1 amide bonds. The fourth-order valence-electron chi connectivity index (χ4n) is 2.14. The number of rotatable bonds is 7. The average molecular weight is 259 g/mol. The summed E-state index contributed by atoms with van der Waals surface area (Å²) in [5.74, 6) is 0.0858. The molecule has 0 aliphatic carbocycles. The minimum Gasteiger partial charge on any atom is -0.361 e. The number of unbranched alkanes of at least 4 members (excludes halogenated alkanes) is 3.